The minimum Gasteiger partial charge on any atom is -0.355 e. The number of likely N-dealkylation sites (N-methyl/N-ethyl adjacent to an activating group) is 1. The van der Waals surface area contributed by atoms with Gasteiger partial charge in [0.2, 0.25) is 0 Å². The molecular weight excluding hydrogens is 266 g/mol. The lowest BCUT2D eigenvalue weighted by atomic mass is 9.90. The number of aromatic nitrogens is 1. The van der Waals surface area contributed by atoms with Crippen molar-refractivity contribution in [2.75, 3.05) is 11.9 Å². The van der Waals surface area contributed by atoms with Crippen LogP contribution in [0.2, 0.25) is 0 Å². The van der Waals surface area contributed by atoms with Crippen molar-refractivity contribution in [2.24, 2.45) is 5.73 Å². The molecule has 4 heteroatoms. The zero-order valence-corrected chi connectivity index (χ0v) is 11.2. The molecular formula is C12H18BrN3. The Morgan fingerprint density at radius 3 is 2.75 bits per heavy atom. The standard InChI is InChI=1S/C12H18BrN3/c1-16(11-5-3-2-4-10(11)14)12-7-6-9(13)8-15-12/h6-8,10-11H,2-5,14H2,1H3. The monoisotopic (exact) mass is 283 g/mol. The fraction of sp³-hybridized carbons (Fsp3) is 0.583. The summed E-state index contributed by atoms with van der Waals surface area (Å²) in [7, 11) is 2.09. The smallest absolute Gasteiger partial charge is 0.128 e. The molecule has 0 aliphatic heterocycles. The lowest BCUT2D eigenvalue weighted by molar-refractivity contribution is 0.372. The molecule has 0 bridgehead atoms. The first-order chi connectivity index (χ1) is 7.68. The van der Waals surface area contributed by atoms with Gasteiger partial charge in [-0.2, -0.15) is 0 Å². The molecule has 2 unspecified atom stereocenters. The second-order valence-corrected chi connectivity index (χ2v) is 5.38. The topological polar surface area (TPSA) is 42.2 Å². The van der Waals surface area contributed by atoms with E-state index in [0.29, 0.717) is 6.04 Å². The summed E-state index contributed by atoms with van der Waals surface area (Å²) in [6.45, 7) is 0. The van der Waals surface area contributed by atoms with Crippen molar-refractivity contribution in [2.45, 2.75) is 37.8 Å². The van der Waals surface area contributed by atoms with Gasteiger partial charge in [0.05, 0.1) is 0 Å². The van der Waals surface area contributed by atoms with E-state index in [2.05, 4.69) is 32.9 Å². The average molecular weight is 284 g/mol. The Bertz CT molecular complexity index is 339. The minimum absolute atomic E-state index is 0.282. The van der Waals surface area contributed by atoms with E-state index in [0.717, 1.165) is 16.7 Å². The lowest BCUT2D eigenvalue weighted by Gasteiger charge is -2.36. The highest BCUT2D eigenvalue weighted by Gasteiger charge is 2.25. The second-order valence-electron chi connectivity index (χ2n) is 4.46. The van der Waals surface area contributed by atoms with Crippen molar-refractivity contribution in [3.63, 3.8) is 0 Å². The largest absolute Gasteiger partial charge is 0.355 e. The highest BCUT2D eigenvalue weighted by atomic mass is 79.9. The van der Waals surface area contributed by atoms with Crippen LogP contribution in [0.15, 0.2) is 22.8 Å². The summed E-state index contributed by atoms with van der Waals surface area (Å²) in [5.74, 6) is 1.01. The van der Waals surface area contributed by atoms with Gasteiger partial charge in [-0.3, -0.25) is 0 Å². The van der Waals surface area contributed by atoms with Gasteiger partial charge in [-0.05, 0) is 40.9 Å². The summed E-state index contributed by atoms with van der Waals surface area (Å²) >= 11 is 3.40. The van der Waals surface area contributed by atoms with Gasteiger partial charge in [-0.1, -0.05) is 12.8 Å². The van der Waals surface area contributed by atoms with Crippen LogP contribution in [0.25, 0.3) is 0 Å². The third-order valence-corrected chi connectivity index (χ3v) is 3.82. The van der Waals surface area contributed by atoms with Crippen LogP contribution in [0.5, 0.6) is 0 Å². The summed E-state index contributed by atoms with van der Waals surface area (Å²) < 4.78 is 1.01. The number of pyridine rings is 1. The van der Waals surface area contributed by atoms with Crippen LogP contribution in [0.3, 0.4) is 0 Å². The minimum atomic E-state index is 0.282. The zero-order chi connectivity index (χ0) is 11.5. The van der Waals surface area contributed by atoms with Crippen LogP contribution in [-0.2, 0) is 0 Å². The Hall–Kier alpha value is -0.610. The van der Waals surface area contributed by atoms with E-state index in [1.165, 1.54) is 19.3 Å². The predicted octanol–water partition coefficient (Wildman–Crippen LogP) is 2.55. The van der Waals surface area contributed by atoms with E-state index in [1.54, 1.807) is 0 Å². The molecule has 1 aliphatic carbocycles. The molecule has 1 fully saturated rings. The molecule has 0 radical (unpaired) electrons. The summed E-state index contributed by atoms with van der Waals surface area (Å²) in [6, 6.07) is 4.77. The number of anilines is 1. The number of halogens is 1. The van der Waals surface area contributed by atoms with Crippen LogP contribution in [0.1, 0.15) is 25.7 Å². The van der Waals surface area contributed by atoms with Gasteiger partial charge in [0.15, 0.2) is 0 Å². The fourth-order valence-electron chi connectivity index (χ4n) is 2.37. The maximum Gasteiger partial charge on any atom is 0.128 e. The van der Waals surface area contributed by atoms with Crippen molar-refractivity contribution in [3.8, 4) is 0 Å². The van der Waals surface area contributed by atoms with E-state index >= 15 is 0 Å². The molecule has 1 aliphatic rings. The highest BCUT2D eigenvalue weighted by molar-refractivity contribution is 9.10. The van der Waals surface area contributed by atoms with E-state index < -0.39 is 0 Å². The molecule has 1 heterocycles. The highest BCUT2D eigenvalue weighted by Crippen LogP contribution is 2.24. The Morgan fingerprint density at radius 1 is 1.38 bits per heavy atom. The maximum absolute atomic E-state index is 6.17. The normalized spacial score (nSPS) is 25.4. The number of hydrogen-bond donors (Lipinski definition) is 1. The molecule has 2 atom stereocenters. The van der Waals surface area contributed by atoms with E-state index in [1.807, 2.05) is 18.3 Å². The zero-order valence-electron chi connectivity index (χ0n) is 9.56. The Labute approximate surface area is 105 Å². The molecule has 0 spiro atoms. The van der Waals surface area contributed by atoms with Gasteiger partial charge in [0, 0.05) is 29.8 Å². The summed E-state index contributed by atoms with van der Waals surface area (Å²) in [6.07, 6.45) is 6.68. The Morgan fingerprint density at radius 2 is 2.12 bits per heavy atom. The molecule has 1 saturated carbocycles. The maximum atomic E-state index is 6.17. The first-order valence-corrected chi connectivity index (χ1v) is 6.58. The summed E-state index contributed by atoms with van der Waals surface area (Å²) in [4.78, 5) is 6.63. The van der Waals surface area contributed by atoms with Gasteiger partial charge < -0.3 is 10.6 Å². The molecule has 1 aromatic heterocycles. The third-order valence-electron chi connectivity index (χ3n) is 3.35. The van der Waals surface area contributed by atoms with Crippen molar-refractivity contribution in [3.05, 3.63) is 22.8 Å². The fourth-order valence-corrected chi connectivity index (χ4v) is 2.60. The molecule has 2 rings (SSSR count). The van der Waals surface area contributed by atoms with Gasteiger partial charge in [0.1, 0.15) is 5.82 Å². The molecule has 1 aromatic rings. The Balaban J connectivity index is 2.11. The molecule has 88 valence electrons. The van der Waals surface area contributed by atoms with Crippen LogP contribution >= 0.6 is 15.9 Å². The summed E-state index contributed by atoms with van der Waals surface area (Å²) in [5, 5.41) is 0. The predicted molar refractivity (Wildman–Crippen MR) is 70.6 cm³/mol. The summed E-state index contributed by atoms with van der Waals surface area (Å²) in [5.41, 5.74) is 6.17. The first-order valence-electron chi connectivity index (χ1n) is 5.78. The number of nitrogens with zero attached hydrogens (tertiary/aromatic N) is 2. The van der Waals surface area contributed by atoms with Crippen molar-refractivity contribution < 1.29 is 0 Å². The van der Waals surface area contributed by atoms with Gasteiger partial charge in [0.25, 0.3) is 0 Å². The second kappa shape index (κ2) is 5.15. The molecule has 0 amide bonds. The molecule has 0 aromatic carbocycles. The molecule has 16 heavy (non-hydrogen) atoms. The SMILES string of the molecule is CN(c1ccc(Br)cn1)C1CCCCC1N. The van der Waals surface area contributed by atoms with Gasteiger partial charge in [-0.15, -0.1) is 0 Å². The number of hydrogen-bond acceptors (Lipinski definition) is 3. The first kappa shape index (κ1) is 11.9. The van der Waals surface area contributed by atoms with Gasteiger partial charge in [-0.25, -0.2) is 4.98 Å². The van der Waals surface area contributed by atoms with E-state index in [4.69, 9.17) is 5.73 Å². The third kappa shape index (κ3) is 2.55. The number of nitrogens with two attached hydrogens (primary N) is 1. The van der Waals surface area contributed by atoms with E-state index in [-0.39, 0.29) is 6.04 Å². The Kier molecular flexibility index (Phi) is 3.82. The molecule has 2 N–H and O–H groups in total. The average Bonchev–Trinajstić information content (AvgIpc) is 2.30. The van der Waals surface area contributed by atoms with Crippen LogP contribution in [-0.4, -0.2) is 24.1 Å². The van der Waals surface area contributed by atoms with Crippen LogP contribution in [0, 0.1) is 0 Å². The van der Waals surface area contributed by atoms with Crippen molar-refractivity contribution >= 4 is 21.7 Å². The van der Waals surface area contributed by atoms with Crippen molar-refractivity contribution in [1.82, 2.24) is 4.98 Å². The number of rotatable bonds is 2. The molecule has 0 saturated heterocycles. The van der Waals surface area contributed by atoms with Crippen LogP contribution < -0.4 is 10.6 Å². The quantitative estimate of drug-likeness (QED) is 0.907. The lowest BCUT2D eigenvalue weighted by Crippen LogP contribution is -2.48. The van der Waals surface area contributed by atoms with E-state index in [9.17, 15) is 0 Å². The van der Waals surface area contributed by atoms with Gasteiger partial charge >= 0.3 is 0 Å². The molecule has 3 nitrogen and oxygen atoms in total. The van der Waals surface area contributed by atoms with Crippen LogP contribution in [0.4, 0.5) is 5.82 Å². The van der Waals surface area contributed by atoms with Crippen molar-refractivity contribution in [1.29, 1.82) is 0 Å².